The molecule has 15 heteroatoms. The number of fused-ring (bicyclic) bond motifs is 1. The molecule has 296 valence electrons. The van der Waals surface area contributed by atoms with Crippen molar-refractivity contribution in [2.45, 2.75) is 114 Å². The molecule has 0 bridgehead atoms. The van der Waals surface area contributed by atoms with Crippen molar-refractivity contribution in [2.75, 3.05) is 26.7 Å². The van der Waals surface area contributed by atoms with Crippen LogP contribution in [0, 0.1) is 35.5 Å². The molecule has 2 heterocycles. The van der Waals surface area contributed by atoms with Crippen LogP contribution in [0.25, 0.3) is 0 Å². The minimum atomic E-state index is -3.95. The van der Waals surface area contributed by atoms with Gasteiger partial charge in [0, 0.05) is 45.3 Å². The third-order valence-electron chi connectivity index (χ3n) is 11.1. The van der Waals surface area contributed by atoms with Crippen molar-refractivity contribution in [3.63, 3.8) is 0 Å². The number of hydrogen-bond acceptors (Lipinski definition) is 8. The maximum absolute atomic E-state index is 14.7. The van der Waals surface area contributed by atoms with Crippen LogP contribution in [-0.4, -0.2) is 103 Å². The zero-order chi connectivity index (χ0) is 39.6. The van der Waals surface area contributed by atoms with Crippen molar-refractivity contribution >= 4 is 39.6 Å². The number of Topliss-reactive ketones (excluding diaryl/α,β-unsaturated/α-hetero) is 1. The maximum atomic E-state index is 14.7. The molecule has 1 aromatic rings. The third kappa shape index (κ3) is 10.5. The van der Waals surface area contributed by atoms with E-state index in [1.54, 1.807) is 17.0 Å². The highest BCUT2D eigenvalue weighted by atomic mass is 32.2. The number of ketones is 1. The molecule has 1 unspecified atom stereocenters. The summed E-state index contributed by atoms with van der Waals surface area (Å²) in [6, 6.07) is 0.331. The van der Waals surface area contributed by atoms with Gasteiger partial charge in [-0.1, -0.05) is 58.6 Å². The number of sulfonamides is 1. The van der Waals surface area contributed by atoms with Gasteiger partial charge in [0.2, 0.25) is 17.6 Å². The number of terminal acetylenes is 1. The van der Waals surface area contributed by atoms with Gasteiger partial charge in [-0.05, 0) is 67.4 Å². The predicted molar refractivity (Wildman–Crippen MR) is 204 cm³/mol. The van der Waals surface area contributed by atoms with Crippen LogP contribution >= 0.6 is 0 Å². The van der Waals surface area contributed by atoms with E-state index >= 15 is 0 Å². The number of likely N-dealkylation sites (N-methyl/N-ethyl adjacent to an activating group) is 1. The molecule has 14 nitrogen and oxygen atoms in total. The van der Waals surface area contributed by atoms with Gasteiger partial charge in [0.05, 0.1) is 6.04 Å². The van der Waals surface area contributed by atoms with E-state index in [0.717, 1.165) is 42.8 Å². The molecule has 0 aromatic carbocycles. The smallest absolute Gasteiger partial charge is 0.315 e. The van der Waals surface area contributed by atoms with Crippen LogP contribution in [0.4, 0.5) is 4.79 Å². The number of urea groups is 1. The highest BCUT2D eigenvalue weighted by Crippen LogP contribution is 2.43. The van der Waals surface area contributed by atoms with E-state index in [0.29, 0.717) is 19.4 Å². The molecule has 2 aliphatic carbocycles. The number of nitrogens with one attached hydrogen (secondary N) is 4. The van der Waals surface area contributed by atoms with Crippen molar-refractivity contribution in [3.05, 3.63) is 37.1 Å². The van der Waals surface area contributed by atoms with Gasteiger partial charge in [0.25, 0.3) is 15.9 Å². The normalized spacial score (nSPS) is 21.9. The lowest BCUT2D eigenvalue weighted by atomic mass is 9.83. The second-order valence-electron chi connectivity index (χ2n) is 15.8. The lowest BCUT2D eigenvalue weighted by Gasteiger charge is -2.37. The van der Waals surface area contributed by atoms with Crippen LogP contribution < -0.4 is 21.3 Å². The van der Waals surface area contributed by atoms with E-state index in [4.69, 9.17) is 6.42 Å². The molecule has 0 radical (unpaired) electrons. The van der Waals surface area contributed by atoms with E-state index in [1.807, 2.05) is 20.8 Å². The Morgan fingerprint density at radius 1 is 1.06 bits per heavy atom. The van der Waals surface area contributed by atoms with Gasteiger partial charge in [-0.25, -0.2) is 18.2 Å². The quantitative estimate of drug-likeness (QED) is 0.112. The average molecular weight is 768 g/mol. The van der Waals surface area contributed by atoms with E-state index in [9.17, 15) is 32.4 Å². The molecule has 54 heavy (non-hydrogen) atoms. The Bertz CT molecular complexity index is 1670. The lowest BCUT2D eigenvalue weighted by molar-refractivity contribution is -0.144. The van der Waals surface area contributed by atoms with Crippen LogP contribution in [0.3, 0.4) is 0 Å². The molecule has 1 saturated heterocycles. The van der Waals surface area contributed by atoms with Crippen molar-refractivity contribution in [2.24, 2.45) is 23.2 Å². The molecule has 1 aliphatic heterocycles. The first-order valence-electron chi connectivity index (χ1n) is 19.0. The Labute approximate surface area is 320 Å². The van der Waals surface area contributed by atoms with Crippen molar-refractivity contribution < 1.29 is 32.4 Å². The lowest BCUT2D eigenvalue weighted by Crippen LogP contribution is -2.61. The zero-order valence-electron chi connectivity index (χ0n) is 32.0. The third-order valence-corrected chi connectivity index (χ3v) is 12.8. The molecule has 3 fully saturated rings. The van der Waals surface area contributed by atoms with Gasteiger partial charge in [-0.15, -0.1) is 18.9 Å². The van der Waals surface area contributed by atoms with E-state index in [1.165, 1.54) is 25.4 Å². The largest absolute Gasteiger partial charge is 0.346 e. The predicted octanol–water partition coefficient (Wildman–Crippen LogP) is 2.76. The number of nitrogens with zero attached hydrogens (tertiary/aromatic N) is 3. The van der Waals surface area contributed by atoms with Gasteiger partial charge in [-0.2, -0.15) is 4.31 Å². The van der Waals surface area contributed by atoms with Gasteiger partial charge in [0.15, 0.2) is 5.03 Å². The minimum absolute atomic E-state index is 0.0526. The number of rotatable bonds is 16. The van der Waals surface area contributed by atoms with Crippen LogP contribution in [0.5, 0.6) is 0 Å². The molecule has 2 saturated carbocycles. The van der Waals surface area contributed by atoms with Crippen LogP contribution in [-0.2, 0) is 29.2 Å². The first-order valence-corrected chi connectivity index (χ1v) is 20.5. The SMILES string of the molecule is C#CCCC(NC(=O)[C@@H]1[C@H]2CCC[C@H]2CN1C(=O)[C@@H](NC(=O)N[C@H](CN(C)S(=O)(=O)c1ccccn1)C(C)(C)C)C1CCCCC1)C(=O)C(=O)NCC=C. The molecule has 3 aliphatic rings. The number of hydrogen-bond donors (Lipinski definition) is 4. The minimum Gasteiger partial charge on any atom is -0.346 e. The second-order valence-corrected chi connectivity index (χ2v) is 17.8. The molecule has 6 atom stereocenters. The number of carbonyl (C=O) groups is 5. The Kier molecular flexibility index (Phi) is 14.8. The summed E-state index contributed by atoms with van der Waals surface area (Å²) in [6.07, 6.45) is 15.2. The number of amides is 5. The van der Waals surface area contributed by atoms with E-state index < -0.39 is 63.2 Å². The number of aromatic nitrogens is 1. The average Bonchev–Trinajstić information content (AvgIpc) is 3.76. The van der Waals surface area contributed by atoms with Gasteiger partial charge in [-0.3, -0.25) is 19.2 Å². The summed E-state index contributed by atoms with van der Waals surface area (Å²) < 4.78 is 27.8. The van der Waals surface area contributed by atoms with Crippen LogP contribution in [0.2, 0.25) is 0 Å². The fourth-order valence-corrected chi connectivity index (χ4v) is 9.06. The van der Waals surface area contributed by atoms with E-state index in [-0.39, 0.29) is 54.6 Å². The number of likely N-dealkylation sites (tertiary alicyclic amines) is 1. The molecule has 5 amide bonds. The summed E-state index contributed by atoms with van der Waals surface area (Å²) in [4.78, 5) is 74.1. The first kappa shape index (κ1) is 42.5. The topological polar surface area (TPSA) is 187 Å². The fraction of sp³-hybridized carbons (Fsp3) is 0.641. The van der Waals surface area contributed by atoms with Crippen molar-refractivity contribution in [1.82, 2.24) is 35.5 Å². The van der Waals surface area contributed by atoms with Crippen molar-refractivity contribution in [3.8, 4) is 12.3 Å². The Morgan fingerprint density at radius 3 is 2.41 bits per heavy atom. The highest BCUT2D eigenvalue weighted by molar-refractivity contribution is 7.89. The van der Waals surface area contributed by atoms with Gasteiger partial charge >= 0.3 is 6.03 Å². The summed E-state index contributed by atoms with van der Waals surface area (Å²) in [6.45, 7) is 9.57. The first-order chi connectivity index (χ1) is 25.6. The van der Waals surface area contributed by atoms with Crippen LogP contribution in [0.1, 0.15) is 85.0 Å². The Hall–Kier alpha value is -4.29. The fourth-order valence-electron chi connectivity index (χ4n) is 7.95. The summed E-state index contributed by atoms with van der Waals surface area (Å²) in [5.41, 5.74) is -0.582. The highest BCUT2D eigenvalue weighted by Gasteiger charge is 2.52. The molecule has 4 N–H and O–H groups in total. The second kappa shape index (κ2) is 18.8. The molecular formula is C39H57N7O7S. The summed E-state index contributed by atoms with van der Waals surface area (Å²) in [5.74, 6) is -0.381. The zero-order valence-corrected chi connectivity index (χ0v) is 32.8. The van der Waals surface area contributed by atoms with Gasteiger partial charge in [0.1, 0.15) is 12.1 Å². The monoisotopic (exact) mass is 767 g/mol. The Morgan fingerprint density at radius 2 is 1.78 bits per heavy atom. The number of carbonyl (C=O) groups excluding carboxylic acids is 5. The van der Waals surface area contributed by atoms with Gasteiger partial charge < -0.3 is 26.2 Å². The molecule has 1 aromatic heterocycles. The molecule has 0 spiro atoms. The molecular weight excluding hydrogens is 711 g/mol. The number of pyridine rings is 1. The summed E-state index contributed by atoms with van der Waals surface area (Å²) >= 11 is 0. The summed E-state index contributed by atoms with van der Waals surface area (Å²) in [7, 11) is -2.52. The molecule has 4 rings (SSSR count). The van der Waals surface area contributed by atoms with E-state index in [2.05, 4.69) is 38.8 Å². The van der Waals surface area contributed by atoms with Crippen LogP contribution in [0.15, 0.2) is 42.1 Å². The Balaban J connectivity index is 1.56. The van der Waals surface area contributed by atoms with Crippen molar-refractivity contribution in [1.29, 1.82) is 0 Å². The maximum Gasteiger partial charge on any atom is 0.315 e. The standard InChI is InChI=1S/C39H57N7O7S/c1-7-9-20-29(34(47)36(49)41-22-8-2)42-35(48)33-28-19-15-18-27(28)24-46(33)37(50)32(26-16-11-10-12-17-26)44-38(51)43-30(39(3,4)5)25-45(6)54(52,53)31-21-13-14-23-40-31/h1,8,13-14,21,23,26-30,32-33H,2,9-12,15-20,22,24-25H2,3-6H3,(H,41,49)(H,42,48)(H2,43,44,51)/t27-,28-,29?,30+,32-,33-/m0/s1. The summed E-state index contributed by atoms with van der Waals surface area (Å²) in [5, 5.41) is 11.0.